The number of fused-ring (bicyclic) bond motifs is 2. The van der Waals surface area contributed by atoms with Gasteiger partial charge in [0.1, 0.15) is 17.5 Å². The van der Waals surface area contributed by atoms with Gasteiger partial charge in [0.05, 0.1) is 29.5 Å². The summed E-state index contributed by atoms with van der Waals surface area (Å²) in [5.41, 5.74) is 2.76. The molecule has 1 aromatic heterocycles. The van der Waals surface area contributed by atoms with Crippen LogP contribution in [0.15, 0.2) is 75.7 Å². The Morgan fingerprint density at radius 3 is 2.53 bits per heavy atom. The van der Waals surface area contributed by atoms with E-state index in [1.165, 1.54) is 11.3 Å². The van der Waals surface area contributed by atoms with Crippen LogP contribution in [0.1, 0.15) is 57.7 Å². The molecule has 8 nitrogen and oxygen atoms in total. The number of hydrogen-bond donors (Lipinski definition) is 1. The molecule has 1 N–H and O–H groups in total. The van der Waals surface area contributed by atoms with Crippen LogP contribution >= 0.6 is 11.3 Å². The predicted molar refractivity (Wildman–Crippen MR) is 172 cm³/mol. The van der Waals surface area contributed by atoms with Gasteiger partial charge in [-0.25, -0.2) is 9.79 Å². The molecule has 0 amide bonds. The Morgan fingerprint density at radius 1 is 1.09 bits per heavy atom. The molecule has 5 rings (SSSR count). The predicted octanol–water partition coefficient (Wildman–Crippen LogP) is 5.29. The molecule has 2 heterocycles. The monoisotopic (exact) mass is 599 g/mol. The molecule has 4 aromatic rings. The van der Waals surface area contributed by atoms with Gasteiger partial charge in [0.2, 0.25) is 0 Å². The lowest BCUT2D eigenvalue weighted by atomic mass is 9.90. The molecule has 0 saturated heterocycles. The summed E-state index contributed by atoms with van der Waals surface area (Å²) in [6.45, 7) is 9.73. The molecule has 0 radical (unpaired) electrons. The highest BCUT2D eigenvalue weighted by Gasteiger charge is 2.37. The third-order valence-electron chi connectivity index (χ3n) is 7.75. The van der Waals surface area contributed by atoms with Crippen LogP contribution < -0.4 is 24.5 Å². The molecule has 0 fully saturated rings. The van der Waals surface area contributed by atoms with Crippen LogP contribution in [0.3, 0.4) is 0 Å². The molecule has 9 heteroatoms. The maximum atomic E-state index is 14.3. The Bertz CT molecular complexity index is 1880. The van der Waals surface area contributed by atoms with Gasteiger partial charge < -0.3 is 19.5 Å². The molecular weight excluding hydrogens is 562 g/mol. The number of anilines is 1. The number of carbonyl (C=O) groups is 1. The molecule has 0 aliphatic carbocycles. The summed E-state index contributed by atoms with van der Waals surface area (Å²) in [7, 11) is 1.59. The van der Waals surface area contributed by atoms with Crippen LogP contribution in [0.25, 0.3) is 16.8 Å². The van der Waals surface area contributed by atoms with Crippen molar-refractivity contribution in [2.45, 2.75) is 46.6 Å². The first kappa shape index (κ1) is 30.1. The van der Waals surface area contributed by atoms with Crippen molar-refractivity contribution in [1.29, 1.82) is 0 Å². The van der Waals surface area contributed by atoms with Gasteiger partial charge >= 0.3 is 5.97 Å². The van der Waals surface area contributed by atoms with Crippen LogP contribution in [0, 0.1) is 0 Å². The normalized spacial score (nSPS) is 14.9. The average Bonchev–Trinajstić information content (AvgIpc) is 3.32. The molecule has 0 saturated carbocycles. The van der Waals surface area contributed by atoms with E-state index in [1.54, 1.807) is 30.7 Å². The Hall–Kier alpha value is -4.37. The van der Waals surface area contributed by atoms with Gasteiger partial charge in [-0.2, -0.15) is 0 Å². The summed E-state index contributed by atoms with van der Waals surface area (Å²) < 4.78 is 13.4. The van der Waals surface area contributed by atoms with Crippen molar-refractivity contribution >= 4 is 39.8 Å². The Balaban J connectivity index is 1.80. The number of thiazole rings is 1. The molecule has 1 aliphatic heterocycles. The largest absolute Gasteiger partial charge is 0.507 e. The molecule has 1 unspecified atom stereocenters. The first-order valence-electron chi connectivity index (χ1n) is 14.7. The van der Waals surface area contributed by atoms with E-state index >= 15 is 0 Å². The maximum Gasteiger partial charge on any atom is 0.338 e. The van der Waals surface area contributed by atoms with Crippen LogP contribution in [0.5, 0.6) is 11.5 Å². The second kappa shape index (κ2) is 12.9. The summed E-state index contributed by atoms with van der Waals surface area (Å²) in [6.07, 6.45) is 2.98. The van der Waals surface area contributed by atoms with Gasteiger partial charge in [-0.3, -0.25) is 9.36 Å². The SMILES string of the molecule is CCCC1=C(C(=O)OCC)C(c2c(OC)ccc3ccccc23)n2c(s/c(=C\c3ccc(N(CC)CC)cc3O)c2=O)=N1. The van der Waals surface area contributed by atoms with Gasteiger partial charge in [0.15, 0.2) is 4.80 Å². The van der Waals surface area contributed by atoms with E-state index in [-0.39, 0.29) is 17.9 Å². The number of allylic oxidation sites excluding steroid dienone is 1. The Labute approximate surface area is 254 Å². The van der Waals surface area contributed by atoms with E-state index in [0.29, 0.717) is 43.9 Å². The highest BCUT2D eigenvalue weighted by atomic mass is 32.1. The summed E-state index contributed by atoms with van der Waals surface area (Å²) in [4.78, 5) is 35.4. The van der Waals surface area contributed by atoms with Crippen LogP contribution in [-0.2, 0) is 9.53 Å². The third-order valence-corrected chi connectivity index (χ3v) is 8.73. The molecule has 224 valence electrons. The zero-order valence-electron chi connectivity index (χ0n) is 25.2. The van der Waals surface area contributed by atoms with E-state index in [1.807, 2.05) is 55.5 Å². The second-order valence-corrected chi connectivity index (χ2v) is 11.2. The van der Waals surface area contributed by atoms with Crippen molar-refractivity contribution in [1.82, 2.24) is 4.57 Å². The van der Waals surface area contributed by atoms with Crippen molar-refractivity contribution in [3.63, 3.8) is 0 Å². The lowest BCUT2D eigenvalue weighted by molar-refractivity contribution is -0.139. The third kappa shape index (κ3) is 5.57. The van der Waals surface area contributed by atoms with E-state index < -0.39 is 12.0 Å². The fraction of sp³-hybridized carbons (Fsp3) is 0.324. The number of ether oxygens (including phenoxy) is 2. The number of esters is 1. The quantitative estimate of drug-likeness (QED) is 0.249. The van der Waals surface area contributed by atoms with E-state index in [4.69, 9.17) is 14.5 Å². The molecule has 0 bridgehead atoms. The number of aromatic nitrogens is 1. The number of hydrogen-bond acceptors (Lipinski definition) is 8. The molecular formula is C34H37N3O5S. The number of rotatable bonds is 10. The second-order valence-electron chi connectivity index (χ2n) is 10.2. The summed E-state index contributed by atoms with van der Waals surface area (Å²) in [5, 5.41) is 12.7. The number of benzene rings is 3. The smallest absolute Gasteiger partial charge is 0.338 e. The number of phenols is 1. The summed E-state index contributed by atoms with van der Waals surface area (Å²) in [6, 6.07) is 16.3. The fourth-order valence-corrected chi connectivity index (χ4v) is 6.72. The molecule has 1 aliphatic rings. The van der Waals surface area contributed by atoms with Crippen LogP contribution in [0.2, 0.25) is 0 Å². The number of phenolic OH excluding ortho intramolecular Hbond substituents is 1. The zero-order chi connectivity index (χ0) is 30.7. The van der Waals surface area contributed by atoms with Gasteiger partial charge in [0.25, 0.3) is 5.56 Å². The van der Waals surface area contributed by atoms with E-state index in [0.717, 1.165) is 36.0 Å². The lowest BCUT2D eigenvalue weighted by Gasteiger charge is -2.28. The first-order valence-corrected chi connectivity index (χ1v) is 15.5. The summed E-state index contributed by atoms with van der Waals surface area (Å²) in [5.74, 6) is 0.137. The minimum atomic E-state index is -0.821. The number of methoxy groups -OCH3 is 1. The van der Waals surface area contributed by atoms with Gasteiger partial charge in [-0.15, -0.1) is 0 Å². The fourth-order valence-electron chi connectivity index (χ4n) is 5.71. The zero-order valence-corrected chi connectivity index (χ0v) is 26.0. The molecule has 43 heavy (non-hydrogen) atoms. The highest BCUT2D eigenvalue weighted by Crippen LogP contribution is 2.41. The number of carbonyl (C=O) groups excluding carboxylic acids is 1. The van der Waals surface area contributed by atoms with Crippen molar-refractivity contribution in [3.05, 3.63) is 96.7 Å². The van der Waals surface area contributed by atoms with Gasteiger partial charge in [-0.1, -0.05) is 55.0 Å². The van der Waals surface area contributed by atoms with Crippen molar-refractivity contribution in [3.8, 4) is 11.5 Å². The van der Waals surface area contributed by atoms with Gasteiger partial charge in [-0.05, 0) is 62.2 Å². The average molecular weight is 600 g/mol. The maximum absolute atomic E-state index is 14.3. The van der Waals surface area contributed by atoms with E-state index in [2.05, 4.69) is 18.7 Å². The van der Waals surface area contributed by atoms with Crippen molar-refractivity contribution in [2.24, 2.45) is 4.99 Å². The number of aromatic hydroxyl groups is 1. The standard InChI is InChI=1S/C34H37N3O5S/c1-6-12-25-30(33(40)42-9-4)31(29-24-14-11-10-13-21(24)16-18-27(29)41-5)37-32(39)28(43-34(37)35-25)19-22-15-17-23(20-26(22)38)36(7-2)8-3/h10-11,13-20,31,38H,6-9,12H2,1-5H3/b28-19-. The minimum absolute atomic E-state index is 0.0846. The van der Waals surface area contributed by atoms with Crippen LogP contribution in [-0.4, -0.2) is 42.4 Å². The number of nitrogens with zero attached hydrogens (tertiary/aromatic N) is 3. The Kier molecular flexibility index (Phi) is 9.01. The first-order chi connectivity index (χ1) is 20.9. The van der Waals surface area contributed by atoms with Crippen molar-refractivity contribution < 1.29 is 19.4 Å². The van der Waals surface area contributed by atoms with Gasteiger partial charge in [0, 0.05) is 36.0 Å². The van der Waals surface area contributed by atoms with E-state index in [9.17, 15) is 14.7 Å². The Morgan fingerprint density at radius 2 is 1.86 bits per heavy atom. The molecule has 0 spiro atoms. The van der Waals surface area contributed by atoms with Crippen LogP contribution in [0.4, 0.5) is 5.69 Å². The lowest BCUT2D eigenvalue weighted by Crippen LogP contribution is -2.40. The topological polar surface area (TPSA) is 93.4 Å². The summed E-state index contributed by atoms with van der Waals surface area (Å²) >= 11 is 1.24. The molecule has 3 aromatic carbocycles. The molecule has 1 atom stereocenters. The van der Waals surface area contributed by atoms with Crippen molar-refractivity contribution in [2.75, 3.05) is 31.7 Å². The highest BCUT2D eigenvalue weighted by molar-refractivity contribution is 7.07. The minimum Gasteiger partial charge on any atom is -0.507 e.